The normalized spacial score (nSPS) is 15.3. The van der Waals surface area contributed by atoms with Gasteiger partial charge < -0.3 is 5.32 Å². The number of halogens is 1. The molecule has 0 saturated carbocycles. The quantitative estimate of drug-likeness (QED) is 0.495. The van der Waals surface area contributed by atoms with Crippen molar-refractivity contribution in [1.29, 1.82) is 0 Å². The van der Waals surface area contributed by atoms with Crippen LogP contribution in [-0.2, 0) is 11.2 Å². The Hall–Kier alpha value is -3.16. The first-order chi connectivity index (χ1) is 15.7. The van der Waals surface area contributed by atoms with Crippen molar-refractivity contribution >= 4 is 35.1 Å². The summed E-state index contributed by atoms with van der Waals surface area (Å²) >= 11 is 1.53. The second-order valence-electron chi connectivity index (χ2n) is 9.00. The number of nitrogens with zero attached hydrogens (tertiary/aromatic N) is 1. The zero-order valence-electron chi connectivity index (χ0n) is 18.8. The van der Waals surface area contributed by atoms with Gasteiger partial charge in [-0.25, -0.2) is 4.39 Å². The van der Waals surface area contributed by atoms with Gasteiger partial charge in [-0.15, -0.1) is 0 Å². The lowest BCUT2D eigenvalue weighted by Gasteiger charge is -2.25. The van der Waals surface area contributed by atoms with Gasteiger partial charge in [0.1, 0.15) is 11.9 Å². The predicted molar refractivity (Wildman–Crippen MR) is 131 cm³/mol. The van der Waals surface area contributed by atoms with Crippen LogP contribution in [0.1, 0.15) is 36.7 Å². The highest BCUT2D eigenvalue weighted by Gasteiger charge is 2.38. The van der Waals surface area contributed by atoms with E-state index in [1.165, 1.54) is 41.1 Å². The van der Waals surface area contributed by atoms with Crippen LogP contribution in [0.25, 0.3) is 0 Å². The number of hydrogen-bond donors (Lipinski definition) is 2. The van der Waals surface area contributed by atoms with Crippen molar-refractivity contribution in [2.24, 2.45) is 0 Å². The molecule has 4 rings (SSSR count). The highest BCUT2D eigenvalue weighted by molar-refractivity contribution is 7.97. The van der Waals surface area contributed by atoms with Crippen molar-refractivity contribution in [2.45, 2.75) is 43.7 Å². The Morgan fingerprint density at radius 2 is 1.64 bits per heavy atom. The maximum atomic E-state index is 13.4. The lowest BCUT2D eigenvalue weighted by atomic mass is 10.1. The van der Waals surface area contributed by atoms with Gasteiger partial charge in [0.25, 0.3) is 5.91 Å². The van der Waals surface area contributed by atoms with E-state index in [0.717, 1.165) is 10.5 Å². The fourth-order valence-corrected chi connectivity index (χ4v) is 4.32. The third-order valence-corrected chi connectivity index (χ3v) is 6.41. The van der Waals surface area contributed by atoms with Crippen molar-refractivity contribution in [1.82, 2.24) is 4.72 Å². The summed E-state index contributed by atoms with van der Waals surface area (Å²) < 4.78 is 16.7. The lowest BCUT2D eigenvalue weighted by molar-refractivity contribution is -0.117. The van der Waals surface area contributed by atoms with Gasteiger partial charge in [-0.1, -0.05) is 18.2 Å². The van der Waals surface area contributed by atoms with Crippen molar-refractivity contribution in [3.63, 3.8) is 0 Å². The summed E-state index contributed by atoms with van der Waals surface area (Å²) in [6, 6.07) is 19.7. The molecule has 2 amide bonds. The van der Waals surface area contributed by atoms with Crippen LogP contribution in [0.3, 0.4) is 0 Å². The first kappa shape index (κ1) is 23.0. The van der Waals surface area contributed by atoms with Crippen LogP contribution in [0, 0.1) is 5.82 Å². The summed E-state index contributed by atoms with van der Waals surface area (Å²) in [5.41, 5.74) is 2.60. The molecule has 0 saturated heterocycles. The van der Waals surface area contributed by atoms with E-state index < -0.39 is 11.9 Å². The zero-order valence-corrected chi connectivity index (χ0v) is 19.6. The molecule has 33 heavy (non-hydrogen) atoms. The summed E-state index contributed by atoms with van der Waals surface area (Å²) in [4.78, 5) is 29.1. The molecular weight excluding hydrogens is 437 g/mol. The summed E-state index contributed by atoms with van der Waals surface area (Å²) in [7, 11) is 0. The average Bonchev–Trinajstić information content (AvgIpc) is 3.18. The van der Waals surface area contributed by atoms with Crippen LogP contribution >= 0.6 is 11.9 Å². The Morgan fingerprint density at radius 3 is 2.30 bits per heavy atom. The number of amides is 2. The van der Waals surface area contributed by atoms with Gasteiger partial charge >= 0.3 is 0 Å². The molecule has 7 heteroatoms. The molecule has 5 nitrogen and oxygen atoms in total. The maximum absolute atomic E-state index is 13.4. The van der Waals surface area contributed by atoms with Gasteiger partial charge in [0.15, 0.2) is 0 Å². The second-order valence-corrected chi connectivity index (χ2v) is 9.88. The Kier molecular flexibility index (Phi) is 6.54. The number of carbonyl (C=O) groups excluding carboxylic acids is 2. The molecule has 1 atom stereocenters. The third kappa shape index (κ3) is 5.43. The van der Waals surface area contributed by atoms with Crippen LogP contribution in [0.4, 0.5) is 15.8 Å². The molecule has 0 spiro atoms. The number of fused-ring (bicyclic) bond motifs is 1. The lowest BCUT2D eigenvalue weighted by Crippen LogP contribution is -2.45. The SMILES string of the molecule is CC(C)(C)NSc1ccc(NC(=O)C2Cc3ccccc3N2C(=O)c2ccc(F)cc2)cc1. The van der Waals surface area contributed by atoms with Gasteiger partial charge in [0.2, 0.25) is 5.91 Å². The standard InChI is InChI=1S/C26H26FN3O2S/c1-26(2,3)29-33-21-14-12-20(13-15-21)28-24(31)23-16-18-6-4-5-7-22(18)30(23)25(32)17-8-10-19(27)11-9-17/h4-15,23,29H,16H2,1-3H3,(H,28,31). The van der Waals surface area contributed by atoms with Gasteiger partial charge in [-0.2, -0.15) is 0 Å². The molecule has 3 aromatic rings. The molecule has 0 bridgehead atoms. The maximum Gasteiger partial charge on any atom is 0.259 e. The Labute approximate surface area is 197 Å². The fourth-order valence-electron chi connectivity index (χ4n) is 3.62. The molecule has 1 aliphatic rings. The molecule has 1 unspecified atom stereocenters. The largest absolute Gasteiger partial charge is 0.324 e. The van der Waals surface area contributed by atoms with Gasteiger partial charge in [-0.3, -0.25) is 19.2 Å². The molecular formula is C26H26FN3O2S. The van der Waals surface area contributed by atoms with Crippen LogP contribution in [0.15, 0.2) is 77.7 Å². The molecule has 2 N–H and O–H groups in total. The molecule has 3 aromatic carbocycles. The number of para-hydroxylation sites is 1. The Balaban J connectivity index is 1.52. The summed E-state index contributed by atoms with van der Waals surface area (Å²) in [6.45, 7) is 6.27. The third-order valence-electron chi connectivity index (χ3n) is 5.19. The number of hydrogen-bond acceptors (Lipinski definition) is 4. The van der Waals surface area contributed by atoms with Crippen LogP contribution < -0.4 is 14.9 Å². The van der Waals surface area contributed by atoms with E-state index >= 15 is 0 Å². The monoisotopic (exact) mass is 463 g/mol. The van der Waals surface area contributed by atoms with Crippen molar-refractivity contribution in [3.8, 4) is 0 Å². The number of rotatable bonds is 5. The second kappa shape index (κ2) is 9.37. The Bertz CT molecular complexity index is 1160. The number of benzene rings is 3. The Morgan fingerprint density at radius 1 is 0.970 bits per heavy atom. The molecule has 1 aliphatic heterocycles. The summed E-state index contributed by atoms with van der Waals surface area (Å²) in [5.74, 6) is -1.02. The fraction of sp³-hybridized carbons (Fsp3) is 0.231. The number of anilines is 2. The van der Waals surface area contributed by atoms with E-state index in [-0.39, 0.29) is 17.4 Å². The molecule has 170 valence electrons. The van der Waals surface area contributed by atoms with Crippen molar-refractivity contribution in [3.05, 3.63) is 89.7 Å². The number of carbonyl (C=O) groups is 2. The van der Waals surface area contributed by atoms with Crippen LogP contribution in [-0.4, -0.2) is 23.4 Å². The van der Waals surface area contributed by atoms with E-state index in [4.69, 9.17) is 0 Å². The minimum Gasteiger partial charge on any atom is -0.324 e. The van der Waals surface area contributed by atoms with Crippen molar-refractivity contribution < 1.29 is 14.0 Å². The molecule has 0 radical (unpaired) electrons. The first-order valence-corrected chi connectivity index (χ1v) is 11.5. The van der Waals surface area contributed by atoms with E-state index in [2.05, 4.69) is 30.8 Å². The molecule has 0 aliphatic carbocycles. The molecule has 0 aromatic heterocycles. The van der Waals surface area contributed by atoms with Crippen LogP contribution in [0.2, 0.25) is 0 Å². The highest BCUT2D eigenvalue weighted by Crippen LogP contribution is 2.34. The predicted octanol–water partition coefficient (Wildman–Crippen LogP) is 5.43. The molecule has 1 heterocycles. The van der Waals surface area contributed by atoms with E-state index in [9.17, 15) is 14.0 Å². The van der Waals surface area contributed by atoms with E-state index in [1.807, 2.05) is 48.5 Å². The first-order valence-electron chi connectivity index (χ1n) is 10.7. The summed E-state index contributed by atoms with van der Waals surface area (Å²) in [6.07, 6.45) is 0.415. The van der Waals surface area contributed by atoms with Gasteiger partial charge in [-0.05, 0) is 92.9 Å². The topological polar surface area (TPSA) is 61.4 Å². The summed E-state index contributed by atoms with van der Waals surface area (Å²) in [5, 5.41) is 2.94. The van der Waals surface area contributed by atoms with Gasteiger partial charge in [0, 0.05) is 33.8 Å². The van der Waals surface area contributed by atoms with E-state index in [1.54, 1.807) is 0 Å². The highest BCUT2D eigenvalue weighted by atomic mass is 32.2. The van der Waals surface area contributed by atoms with E-state index in [0.29, 0.717) is 23.4 Å². The average molecular weight is 464 g/mol. The molecule has 0 fully saturated rings. The minimum absolute atomic E-state index is 0.0183. The number of nitrogens with one attached hydrogen (secondary N) is 2. The minimum atomic E-state index is -0.698. The smallest absolute Gasteiger partial charge is 0.259 e. The zero-order chi connectivity index (χ0) is 23.6. The van der Waals surface area contributed by atoms with Crippen molar-refractivity contribution in [2.75, 3.05) is 10.2 Å². The van der Waals surface area contributed by atoms with Gasteiger partial charge in [0.05, 0.1) is 0 Å². The van der Waals surface area contributed by atoms with Crippen LogP contribution in [0.5, 0.6) is 0 Å².